The average molecular weight is 359 g/mol. The summed E-state index contributed by atoms with van der Waals surface area (Å²) in [6, 6.07) is 5.09. The van der Waals surface area contributed by atoms with Crippen LogP contribution in [-0.2, 0) is 11.2 Å². The normalized spacial score (nSPS) is 19.4. The molecule has 2 rings (SSSR count). The van der Waals surface area contributed by atoms with Gasteiger partial charge in [0, 0.05) is 11.1 Å². The van der Waals surface area contributed by atoms with E-state index in [1.807, 2.05) is 19.1 Å². The third-order valence-corrected chi connectivity index (χ3v) is 4.90. The number of hydrogen-bond acceptors (Lipinski definition) is 3. The van der Waals surface area contributed by atoms with Gasteiger partial charge in [-0.05, 0) is 43.9 Å². The van der Waals surface area contributed by atoms with Crippen LogP contribution in [0, 0.1) is 5.82 Å². The molecule has 21 heavy (non-hydrogen) atoms. The minimum Gasteiger partial charge on any atom is -0.374 e. The molecule has 0 radical (unpaired) electrons. The standard InChI is InChI=1S/C16H24BrFN2O/c1-2-21-16(8-4-3-5-9-16)15(20-19)10-12-6-7-13(17)11-14(12)18/h6-7,11,15,20H,2-5,8-10,19H2,1H3. The Balaban J connectivity index is 2.20. The second-order valence-corrected chi connectivity index (χ2v) is 6.63. The maximum atomic E-state index is 14.1. The Morgan fingerprint density at radius 1 is 1.38 bits per heavy atom. The van der Waals surface area contributed by atoms with E-state index < -0.39 is 0 Å². The summed E-state index contributed by atoms with van der Waals surface area (Å²) in [4.78, 5) is 0. The number of nitrogens with one attached hydrogen (secondary N) is 1. The van der Waals surface area contributed by atoms with Gasteiger partial charge in [-0.25, -0.2) is 4.39 Å². The first-order valence-electron chi connectivity index (χ1n) is 7.65. The van der Waals surface area contributed by atoms with Gasteiger partial charge in [0.2, 0.25) is 0 Å². The molecule has 0 heterocycles. The van der Waals surface area contributed by atoms with Crippen molar-refractivity contribution >= 4 is 15.9 Å². The van der Waals surface area contributed by atoms with Crippen LogP contribution < -0.4 is 11.3 Å². The van der Waals surface area contributed by atoms with Crippen LogP contribution in [0.25, 0.3) is 0 Å². The summed E-state index contributed by atoms with van der Waals surface area (Å²) in [5.74, 6) is 5.58. The number of ether oxygens (including phenoxy) is 1. The molecule has 0 saturated heterocycles. The molecule has 1 saturated carbocycles. The fraction of sp³-hybridized carbons (Fsp3) is 0.625. The smallest absolute Gasteiger partial charge is 0.127 e. The van der Waals surface area contributed by atoms with Crippen LogP contribution in [-0.4, -0.2) is 18.2 Å². The molecule has 1 fully saturated rings. The van der Waals surface area contributed by atoms with Crippen molar-refractivity contribution in [1.82, 2.24) is 5.43 Å². The lowest BCUT2D eigenvalue weighted by atomic mass is 9.77. The third-order valence-electron chi connectivity index (χ3n) is 4.41. The number of hydrazine groups is 1. The number of halogens is 2. The minimum absolute atomic E-state index is 0.0755. The lowest BCUT2D eigenvalue weighted by molar-refractivity contribution is -0.0899. The number of hydrogen-bond donors (Lipinski definition) is 2. The van der Waals surface area contributed by atoms with Gasteiger partial charge in [-0.1, -0.05) is 41.3 Å². The fourth-order valence-corrected chi connectivity index (χ4v) is 3.67. The first kappa shape index (κ1) is 16.9. The van der Waals surface area contributed by atoms with E-state index in [1.54, 1.807) is 0 Å². The molecule has 1 unspecified atom stereocenters. The zero-order chi connectivity index (χ0) is 15.3. The number of nitrogens with two attached hydrogens (primary N) is 1. The van der Waals surface area contributed by atoms with Crippen LogP contribution >= 0.6 is 15.9 Å². The molecule has 0 aliphatic heterocycles. The lowest BCUT2D eigenvalue weighted by Gasteiger charge is -2.43. The molecule has 3 N–H and O–H groups in total. The largest absolute Gasteiger partial charge is 0.374 e. The van der Waals surface area contributed by atoms with Gasteiger partial charge >= 0.3 is 0 Å². The highest BCUT2D eigenvalue weighted by atomic mass is 79.9. The zero-order valence-corrected chi connectivity index (χ0v) is 14.1. The molecule has 0 amide bonds. The first-order chi connectivity index (χ1) is 10.1. The highest BCUT2D eigenvalue weighted by Crippen LogP contribution is 2.36. The van der Waals surface area contributed by atoms with Crippen molar-refractivity contribution in [2.24, 2.45) is 5.84 Å². The molecular formula is C16H24BrFN2O. The molecule has 118 valence electrons. The SMILES string of the molecule is CCOC1(C(Cc2ccc(Br)cc2F)NN)CCCCC1. The van der Waals surface area contributed by atoms with E-state index in [2.05, 4.69) is 21.4 Å². The monoisotopic (exact) mass is 358 g/mol. The molecule has 0 spiro atoms. The van der Waals surface area contributed by atoms with Crippen molar-refractivity contribution in [1.29, 1.82) is 0 Å². The van der Waals surface area contributed by atoms with Crippen molar-refractivity contribution in [2.75, 3.05) is 6.61 Å². The summed E-state index contributed by atoms with van der Waals surface area (Å²) in [6.07, 6.45) is 6.01. The number of benzene rings is 1. The van der Waals surface area contributed by atoms with Gasteiger partial charge in [0.15, 0.2) is 0 Å². The topological polar surface area (TPSA) is 47.3 Å². The van der Waals surface area contributed by atoms with Crippen LogP contribution in [0.1, 0.15) is 44.6 Å². The molecule has 1 aromatic carbocycles. The van der Waals surface area contributed by atoms with E-state index in [9.17, 15) is 4.39 Å². The molecule has 1 aromatic rings. The quantitative estimate of drug-likeness (QED) is 0.601. The predicted molar refractivity (Wildman–Crippen MR) is 86.4 cm³/mol. The van der Waals surface area contributed by atoms with Crippen molar-refractivity contribution in [2.45, 2.75) is 57.1 Å². The summed E-state index contributed by atoms with van der Waals surface area (Å²) < 4.78 is 20.9. The fourth-order valence-electron chi connectivity index (χ4n) is 3.34. The summed E-state index contributed by atoms with van der Waals surface area (Å²) >= 11 is 3.29. The van der Waals surface area contributed by atoms with Gasteiger partial charge in [-0.2, -0.15) is 0 Å². The summed E-state index contributed by atoms with van der Waals surface area (Å²) in [5, 5.41) is 0. The minimum atomic E-state index is -0.277. The van der Waals surface area contributed by atoms with E-state index in [1.165, 1.54) is 12.5 Å². The summed E-state index contributed by atoms with van der Waals surface area (Å²) in [5.41, 5.74) is 3.28. The van der Waals surface area contributed by atoms with Crippen molar-refractivity contribution in [3.63, 3.8) is 0 Å². The maximum Gasteiger partial charge on any atom is 0.127 e. The van der Waals surface area contributed by atoms with Gasteiger partial charge in [0.25, 0.3) is 0 Å². The first-order valence-corrected chi connectivity index (χ1v) is 8.44. The Morgan fingerprint density at radius 3 is 2.67 bits per heavy atom. The summed E-state index contributed by atoms with van der Waals surface area (Å²) in [6.45, 7) is 2.66. The van der Waals surface area contributed by atoms with E-state index in [4.69, 9.17) is 10.6 Å². The Labute approximate surface area is 134 Å². The van der Waals surface area contributed by atoms with Crippen LogP contribution in [0.4, 0.5) is 4.39 Å². The van der Waals surface area contributed by atoms with Gasteiger partial charge in [0.1, 0.15) is 5.82 Å². The van der Waals surface area contributed by atoms with Crippen LogP contribution in [0.2, 0.25) is 0 Å². The van der Waals surface area contributed by atoms with Crippen molar-refractivity contribution in [3.8, 4) is 0 Å². The second-order valence-electron chi connectivity index (χ2n) is 5.72. The molecule has 0 aromatic heterocycles. The van der Waals surface area contributed by atoms with Crippen LogP contribution in [0.3, 0.4) is 0 Å². The van der Waals surface area contributed by atoms with E-state index in [-0.39, 0.29) is 17.5 Å². The third kappa shape index (κ3) is 4.03. The van der Waals surface area contributed by atoms with E-state index in [0.29, 0.717) is 18.6 Å². The number of rotatable bonds is 6. The predicted octanol–water partition coefficient (Wildman–Crippen LogP) is 3.70. The van der Waals surface area contributed by atoms with Gasteiger partial charge in [0.05, 0.1) is 11.6 Å². The Hall–Kier alpha value is -0.490. The van der Waals surface area contributed by atoms with E-state index in [0.717, 1.165) is 30.2 Å². The van der Waals surface area contributed by atoms with E-state index >= 15 is 0 Å². The molecule has 1 aliphatic carbocycles. The van der Waals surface area contributed by atoms with Gasteiger partial charge in [-0.15, -0.1) is 0 Å². The van der Waals surface area contributed by atoms with Crippen molar-refractivity contribution in [3.05, 3.63) is 34.1 Å². The van der Waals surface area contributed by atoms with Crippen LogP contribution in [0.5, 0.6) is 0 Å². The van der Waals surface area contributed by atoms with Crippen molar-refractivity contribution < 1.29 is 9.13 Å². The Bertz CT molecular complexity index is 458. The van der Waals surface area contributed by atoms with Gasteiger partial charge < -0.3 is 4.74 Å². The average Bonchev–Trinajstić information content (AvgIpc) is 2.47. The molecule has 0 bridgehead atoms. The molecular weight excluding hydrogens is 335 g/mol. The second kappa shape index (κ2) is 7.68. The maximum absolute atomic E-state index is 14.1. The highest BCUT2D eigenvalue weighted by Gasteiger charge is 2.40. The molecule has 3 nitrogen and oxygen atoms in total. The highest BCUT2D eigenvalue weighted by molar-refractivity contribution is 9.10. The lowest BCUT2D eigenvalue weighted by Crippen LogP contribution is -2.57. The molecule has 1 atom stereocenters. The van der Waals surface area contributed by atoms with Crippen LogP contribution in [0.15, 0.2) is 22.7 Å². The Kier molecular flexibility index (Phi) is 6.17. The zero-order valence-electron chi connectivity index (χ0n) is 12.5. The molecule has 5 heteroatoms. The van der Waals surface area contributed by atoms with Gasteiger partial charge in [-0.3, -0.25) is 11.3 Å². The Morgan fingerprint density at radius 2 is 2.10 bits per heavy atom. The molecule has 1 aliphatic rings. The summed E-state index contributed by atoms with van der Waals surface area (Å²) in [7, 11) is 0.